The lowest BCUT2D eigenvalue weighted by Gasteiger charge is -2.14. The average molecular weight is 594 g/mol. The number of anilines is 2. The summed E-state index contributed by atoms with van der Waals surface area (Å²) in [6.07, 6.45) is 2.76. The largest absolute Gasteiger partial charge is 0.456 e. The van der Waals surface area contributed by atoms with E-state index in [1.165, 1.54) is 54.9 Å². The zero-order valence-electron chi connectivity index (χ0n) is 17.6. The summed E-state index contributed by atoms with van der Waals surface area (Å²) in [5.41, 5.74) is 0.0397. The molecule has 1 heterocycles. The molecule has 0 radical (unpaired) electrons. The van der Waals surface area contributed by atoms with E-state index in [4.69, 9.17) is 27.9 Å². The van der Waals surface area contributed by atoms with Crippen molar-refractivity contribution in [3.05, 3.63) is 99.3 Å². The zero-order chi connectivity index (χ0) is 25.0. The third-order valence-corrected chi connectivity index (χ3v) is 6.87. The number of aromatic nitrogens is 2. The van der Waals surface area contributed by atoms with Crippen molar-refractivity contribution in [3.8, 4) is 11.5 Å². The number of para-hydroxylation sites is 1. The molecule has 0 saturated heterocycles. The first-order valence-corrected chi connectivity index (χ1v) is 12.9. The molecule has 0 spiro atoms. The second-order valence-corrected chi connectivity index (χ2v) is 10.3. The number of sulfonamides is 1. The molecule has 12 heteroatoms. The van der Waals surface area contributed by atoms with Crippen LogP contribution < -0.4 is 14.8 Å². The summed E-state index contributed by atoms with van der Waals surface area (Å²) in [5, 5.41) is 3.24. The number of rotatable bonds is 7. The number of carbonyl (C=O) groups is 1. The number of ether oxygens (including phenoxy) is 1. The van der Waals surface area contributed by atoms with Gasteiger partial charge in [-0.05, 0) is 70.5 Å². The van der Waals surface area contributed by atoms with Crippen molar-refractivity contribution in [1.29, 1.82) is 0 Å². The van der Waals surface area contributed by atoms with Crippen LogP contribution >= 0.6 is 39.1 Å². The molecule has 4 aromatic rings. The third kappa shape index (κ3) is 6.29. The molecule has 2 N–H and O–H groups in total. The molecule has 0 aliphatic carbocycles. The van der Waals surface area contributed by atoms with Crippen molar-refractivity contribution >= 4 is 66.6 Å². The number of benzene rings is 3. The first-order valence-electron chi connectivity index (χ1n) is 9.85. The minimum atomic E-state index is -4.05. The maximum Gasteiger partial charge on any atom is 0.261 e. The number of hydrogen-bond donors (Lipinski definition) is 2. The Morgan fingerprint density at radius 1 is 0.943 bits per heavy atom. The second kappa shape index (κ2) is 10.6. The normalized spacial score (nSPS) is 11.1. The van der Waals surface area contributed by atoms with Crippen LogP contribution in [0.5, 0.6) is 11.5 Å². The number of amides is 1. The monoisotopic (exact) mass is 592 g/mol. The Morgan fingerprint density at radius 2 is 1.69 bits per heavy atom. The molecule has 178 valence electrons. The van der Waals surface area contributed by atoms with Crippen molar-refractivity contribution in [2.45, 2.75) is 4.90 Å². The standard InChI is InChI=1S/C23H15BrCl2N4O4S/c24-21-12-28-22(13-27-21)29-23(31)17-11-14(25)5-10-19(17)30-35(32,33)16-8-6-15(7-9-16)34-20-4-2-1-3-18(20)26/h1-13,30H,(H,28,29,31). The van der Waals surface area contributed by atoms with Crippen LogP contribution in [0, 0.1) is 0 Å². The molecule has 0 aliphatic heterocycles. The molecule has 1 amide bonds. The molecule has 0 aliphatic rings. The van der Waals surface area contributed by atoms with Gasteiger partial charge in [0.2, 0.25) is 0 Å². The molecule has 0 atom stereocenters. The molecule has 8 nitrogen and oxygen atoms in total. The quantitative estimate of drug-likeness (QED) is 0.257. The summed E-state index contributed by atoms with van der Waals surface area (Å²) in [5.74, 6) is 0.404. The Bertz CT molecular complexity index is 1480. The van der Waals surface area contributed by atoms with Crippen LogP contribution in [0.2, 0.25) is 10.0 Å². The SMILES string of the molecule is O=C(Nc1cnc(Br)cn1)c1cc(Cl)ccc1NS(=O)(=O)c1ccc(Oc2ccccc2Cl)cc1. The van der Waals surface area contributed by atoms with Crippen LogP contribution in [0.15, 0.2) is 88.6 Å². The van der Waals surface area contributed by atoms with Gasteiger partial charge < -0.3 is 10.1 Å². The second-order valence-electron chi connectivity index (χ2n) is 6.98. The number of hydrogen-bond acceptors (Lipinski definition) is 6. The minimum Gasteiger partial charge on any atom is -0.456 e. The Labute approximate surface area is 219 Å². The van der Waals surface area contributed by atoms with Crippen molar-refractivity contribution in [3.63, 3.8) is 0 Å². The fourth-order valence-electron chi connectivity index (χ4n) is 2.90. The molecule has 4 rings (SSSR count). The molecule has 35 heavy (non-hydrogen) atoms. The van der Waals surface area contributed by atoms with Gasteiger partial charge in [0.25, 0.3) is 15.9 Å². The maximum absolute atomic E-state index is 13.0. The molecule has 0 bridgehead atoms. The van der Waals surface area contributed by atoms with E-state index in [0.29, 0.717) is 21.1 Å². The minimum absolute atomic E-state index is 0.00414. The highest BCUT2D eigenvalue weighted by atomic mass is 79.9. The molecule has 0 fully saturated rings. The maximum atomic E-state index is 13.0. The first-order chi connectivity index (χ1) is 16.7. The number of nitrogens with zero attached hydrogens (tertiary/aromatic N) is 2. The van der Waals surface area contributed by atoms with Gasteiger partial charge in [-0.25, -0.2) is 18.4 Å². The van der Waals surface area contributed by atoms with E-state index in [2.05, 4.69) is 35.9 Å². The van der Waals surface area contributed by atoms with E-state index < -0.39 is 15.9 Å². The Kier molecular flexibility index (Phi) is 7.56. The Hall–Kier alpha value is -3.18. The summed E-state index contributed by atoms with van der Waals surface area (Å²) >= 11 is 15.3. The molecular weight excluding hydrogens is 579 g/mol. The van der Waals surface area contributed by atoms with E-state index in [1.807, 2.05) is 0 Å². The van der Waals surface area contributed by atoms with Crippen molar-refractivity contribution in [2.24, 2.45) is 0 Å². The number of carbonyl (C=O) groups excluding carboxylic acids is 1. The van der Waals surface area contributed by atoms with Gasteiger partial charge in [0.15, 0.2) is 5.82 Å². The highest BCUT2D eigenvalue weighted by molar-refractivity contribution is 9.10. The van der Waals surface area contributed by atoms with Crippen molar-refractivity contribution < 1.29 is 17.9 Å². The van der Waals surface area contributed by atoms with Gasteiger partial charge in [-0.2, -0.15) is 0 Å². The molecule has 0 unspecified atom stereocenters. The van der Waals surface area contributed by atoms with Gasteiger partial charge in [-0.3, -0.25) is 9.52 Å². The number of halogens is 3. The highest BCUT2D eigenvalue weighted by Crippen LogP contribution is 2.30. The van der Waals surface area contributed by atoms with E-state index in [-0.39, 0.29) is 27.0 Å². The summed E-state index contributed by atoms with van der Waals surface area (Å²) in [6, 6.07) is 16.9. The predicted octanol–water partition coefficient (Wildman–Crippen LogP) is 6.39. The van der Waals surface area contributed by atoms with Crippen LogP contribution in [0.3, 0.4) is 0 Å². The van der Waals surface area contributed by atoms with Gasteiger partial charge in [0.05, 0.1) is 33.6 Å². The summed E-state index contributed by atoms with van der Waals surface area (Å²) in [7, 11) is -4.05. The van der Waals surface area contributed by atoms with Gasteiger partial charge in [0, 0.05) is 5.02 Å². The lowest BCUT2D eigenvalue weighted by molar-refractivity contribution is 0.102. The molecular formula is C23H15BrCl2N4O4S. The predicted molar refractivity (Wildman–Crippen MR) is 138 cm³/mol. The number of nitrogens with one attached hydrogen (secondary N) is 2. The van der Waals surface area contributed by atoms with Crippen LogP contribution in [0.4, 0.5) is 11.5 Å². The summed E-state index contributed by atoms with van der Waals surface area (Å²) in [4.78, 5) is 20.8. The Morgan fingerprint density at radius 3 is 2.37 bits per heavy atom. The lowest BCUT2D eigenvalue weighted by Crippen LogP contribution is -2.19. The third-order valence-electron chi connectivity index (χ3n) is 4.53. The van der Waals surface area contributed by atoms with Crippen molar-refractivity contribution in [2.75, 3.05) is 10.0 Å². The van der Waals surface area contributed by atoms with Crippen LogP contribution in [-0.2, 0) is 10.0 Å². The smallest absolute Gasteiger partial charge is 0.261 e. The van der Waals surface area contributed by atoms with Crippen LogP contribution in [0.25, 0.3) is 0 Å². The van der Waals surface area contributed by atoms with Gasteiger partial charge >= 0.3 is 0 Å². The fraction of sp³-hybridized carbons (Fsp3) is 0. The van der Waals surface area contributed by atoms with E-state index in [1.54, 1.807) is 24.3 Å². The van der Waals surface area contributed by atoms with Crippen molar-refractivity contribution in [1.82, 2.24) is 9.97 Å². The summed E-state index contributed by atoms with van der Waals surface area (Å²) in [6.45, 7) is 0. The van der Waals surface area contributed by atoms with Gasteiger partial charge in [-0.15, -0.1) is 0 Å². The van der Waals surface area contributed by atoms with Gasteiger partial charge in [-0.1, -0.05) is 35.3 Å². The van der Waals surface area contributed by atoms with Crippen LogP contribution in [-0.4, -0.2) is 24.3 Å². The Balaban J connectivity index is 1.54. The molecule has 3 aromatic carbocycles. The molecule has 0 saturated carbocycles. The lowest BCUT2D eigenvalue weighted by atomic mass is 10.1. The first kappa shape index (κ1) is 24.9. The van der Waals surface area contributed by atoms with Crippen LogP contribution in [0.1, 0.15) is 10.4 Å². The molecule has 1 aromatic heterocycles. The summed E-state index contributed by atoms with van der Waals surface area (Å²) < 4.78 is 34.7. The average Bonchev–Trinajstić information content (AvgIpc) is 2.83. The topological polar surface area (TPSA) is 110 Å². The van der Waals surface area contributed by atoms with Gasteiger partial charge in [0.1, 0.15) is 16.1 Å². The van der Waals surface area contributed by atoms with E-state index in [9.17, 15) is 13.2 Å². The van der Waals surface area contributed by atoms with E-state index >= 15 is 0 Å². The zero-order valence-corrected chi connectivity index (χ0v) is 21.5. The highest BCUT2D eigenvalue weighted by Gasteiger charge is 2.20. The van der Waals surface area contributed by atoms with E-state index in [0.717, 1.165) is 0 Å². The fourth-order valence-corrected chi connectivity index (χ4v) is 4.53.